The Morgan fingerprint density at radius 3 is 2.73 bits per heavy atom. The predicted octanol–water partition coefficient (Wildman–Crippen LogP) is 3.00. The normalized spacial score (nSPS) is 26.0. The molecule has 2 aliphatic rings. The predicted molar refractivity (Wildman–Crippen MR) is 107 cm³/mol. The Morgan fingerprint density at radius 1 is 1.32 bits per heavy atom. The third kappa shape index (κ3) is 7.25. The molecule has 0 aromatic carbocycles. The molecule has 4 nitrogen and oxygen atoms in total. The second kappa shape index (κ2) is 11.0. The number of aliphatic imine (C=N–C) groups is 1. The minimum absolute atomic E-state index is 0. The van der Waals surface area contributed by atoms with Crippen LogP contribution in [0.4, 0.5) is 0 Å². The lowest BCUT2D eigenvalue weighted by Gasteiger charge is -2.20. The summed E-state index contributed by atoms with van der Waals surface area (Å²) in [5.74, 6) is 3.69. The molecular weight excluding hydrogens is 409 g/mol. The van der Waals surface area contributed by atoms with Crippen LogP contribution in [0.5, 0.6) is 0 Å². The van der Waals surface area contributed by atoms with E-state index >= 15 is 0 Å². The molecule has 1 saturated carbocycles. The number of nitrogens with zero attached hydrogens (tertiary/aromatic N) is 1. The van der Waals surface area contributed by atoms with Gasteiger partial charge in [-0.25, -0.2) is 0 Å². The van der Waals surface area contributed by atoms with Crippen LogP contribution in [0.15, 0.2) is 4.99 Å². The van der Waals surface area contributed by atoms with E-state index < -0.39 is 5.60 Å². The molecule has 0 radical (unpaired) electrons. The van der Waals surface area contributed by atoms with Crippen LogP contribution < -0.4 is 10.6 Å². The Kier molecular flexibility index (Phi) is 10.1. The lowest BCUT2D eigenvalue weighted by atomic mass is 10.0. The van der Waals surface area contributed by atoms with Crippen molar-refractivity contribution >= 4 is 41.7 Å². The van der Waals surface area contributed by atoms with E-state index in [-0.39, 0.29) is 24.0 Å². The van der Waals surface area contributed by atoms with Gasteiger partial charge in [0.15, 0.2) is 5.96 Å². The molecule has 6 heteroatoms. The Bertz CT molecular complexity index is 329. The number of halogens is 1. The van der Waals surface area contributed by atoms with E-state index in [1.807, 2.05) is 11.8 Å². The average Bonchev–Trinajstić information content (AvgIpc) is 3.13. The van der Waals surface area contributed by atoms with E-state index in [9.17, 15) is 5.11 Å². The number of aliphatic hydroxyl groups is 1. The van der Waals surface area contributed by atoms with Gasteiger partial charge in [-0.3, -0.25) is 4.99 Å². The quantitative estimate of drug-likeness (QED) is 0.246. The number of hydrogen-bond acceptors (Lipinski definition) is 3. The summed E-state index contributed by atoms with van der Waals surface area (Å²) >= 11 is 1.82. The van der Waals surface area contributed by atoms with E-state index in [1.165, 1.54) is 38.5 Å². The Balaban J connectivity index is 0.00000242. The van der Waals surface area contributed by atoms with Gasteiger partial charge < -0.3 is 15.7 Å². The second-order valence-electron chi connectivity index (χ2n) is 6.44. The molecule has 1 unspecified atom stereocenters. The molecule has 22 heavy (non-hydrogen) atoms. The number of thioether (sulfide) groups is 1. The maximum Gasteiger partial charge on any atom is 0.191 e. The Hall–Kier alpha value is 0.310. The van der Waals surface area contributed by atoms with Crippen LogP contribution >= 0.6 is 35.7 Å². The largest absolute Gasteiger partial charge is 0.387 e. The maximum absolute atomic E-state index is 10.3. The molecule has 2 rings (SSSR count). The summed E-state index contributed by atoms with van der Waals surface area (Å²) in [4.78, 5) is 4.57. The summed E-state index contributed by atoms with van der Waals surface area (Å²) in [6.07, 6.45) is 9.14. The van der Waals surface area contributed by atoms with Crippen LogP contribution in [0.25, 0.3) is 0 Å². The van der Waals surface area contributed by atoms with Crippen LogP contribution in [0.3, 0.4) is 0 Å². The highest BCUT2D eigenvalue weighted by molar-refractivity contribution is 14.0. The molecular formula is C16H32IN3OS. The van der Waals surface area contributed by atoms with Gasteiger partial charge in [0.1, 0.15) is 0 Å². The molecule has 0 aromatic rings. The van der Waals surface area contributed by atoms with Crippen molar-refractivity contribution in [3.8, 4) is 0 Å². The van der Waals surface area contributed by atoms with E-state index in [4.69, 9.17) is 0 Å². The Labute approximate surface area is 156 Å². The first-order chi connectivity index (χ1) is 10.2. The van der Waals surface area contributed by atoms with Crippen molar-refractivity contribution in [2.45, 2.75) is 57.5 Å². The van der Waals surface area contributed by atoms with Crippen molar-refractivity contribution in [2.75, 3.05) is 31.1 Å². The smallest absolute Gasteiger partial charge is 0.191 e. The van der Waals surface area contributed by atoms with Gasteiger partial charge in [-0.1, -0.05) is 25.7 Å². The van der Waals surface area contributed by atoms with Crippen molar-refractivity contribution in [2.24, 2.45) is 10.9 Å². The molecule has 1 aliphatic carbocycles. The lowest BCUT2D eigenvalue weighted by molar-refractivity contribution is 0.0778. The van der Waals surface area contributed by atoms with Crippen LogP contribution in [0, 0.1) is 5.92 Å². The topological polar surface area (TPSA) is 56.7 Å². The van der Waals surface area contributed by atoms with Gasteiger partial charge in [-0.15, -0.1) is 24.0 Å². The molecule has 0 amide bonds. The van der Waals surface area contributed by atoms with Crippen molar-refractivity contribution in [3.63, 3.8) is 0 Å². The summed E-state index contributed by atoms with van der Waals surface area (Å²) in [6.45, 7) is 4.44. The minimum Gasteiger partial charge on any atom is -0.387 e. The summed E-state index contributed by atoms with van der Waals surface area (Å²) in [5, 5.41) is 17.0. The van der Waals surface area contributed by atoms with Crippen LogP contribution in [-0.4, -0.2) is 47.8 Å². The Morgan fingerprint density at radius 2 is 2.09 bits per heavy atom. The van der Waals surface area contributed by atoms with Crippen molar-refractivity contribution < 1.29 is 5.11 Å². The maximum atomic E-state index is 10.3. The molecule has 1 saturated heterocycles. The number of rotatable bonds is 7. The summed E-state index contributed by atoms with van der Waals surface area (Å²) < 4.78 is 0. The molecule has 0 aromatic heterocycles. The van der Waals surface area contributed by atoms with Gasteiger partial charge in [-0.2, -0.15) is 11.8 Å². The van der Waals surface area contributed by atoms with E-state index in [1.54, 1.807) is 0 Å². The number of hydrogen-bond donors (Lipinski definition) is 3. The van der Waals surface area contributed by atoms with E-state index in [2.05, 4.69) is 22.5 Å². The van der Waals surface area contributed by atoms with Crippen molar-refractivity contribution in [1.29, 1.82) is 0 Å². The second-order valence-corrected chi connectivity index (χ2v) is 7.55. The fourth-order valence-electron chi connectivity index (χ4n) is 3.19. The van der Waals surface area contributed by atoms with Crippen molar-refractivity contribution in [3.05, 3.63) is 0 Å². The molecule has 1 heterocycles. The fourth-order valence-corrected chi connectivity index (χ4v) is 4.47. The molecule has 2 fully saturated rings. The monoisotopic (exact) mass is 441 g/mol. The molecule has 3 N–H and O–H groups in total. The summed E-state index contributed by atoms with van der Waals surface area (Å²) in [5.41, 5.74) is -0.586. The lowest BCUT2D eigenvalue weighted by Crippen LogP contribution is -2.40. The molecule has 130 valence electrons. The van der Waals surface area contributed by atoms with Gasteiger partial charge in [0.2, 0.25) is 0 Å². The van der Waals surface area contributed by atoms with Crippen LogP contribution in [-0.2, 0) is 0 Å². The molecule has 0 spiro atoms. The zero-order valence-electron chi connectivity index (χ0n) is 13.8. The van der Waals surface area contributed by atoms with E-state index in [0.29, 0.717) is 6.54 Å². The van der Waals surface area contributed by atoms with Crippen LogP contribution in [0.1, 0.15) is 51.9 Å². The van der Waals surface area contributed by atoms with Gasteiger partial charge >= 0.3 is 0 Å². The number of nitrogens with one attached hydrogen (secondary N) is 2. The first kappa shape index (κ1) is 20.4. The SMILES string of the molecule is CCNC(=NCC1(O)CCSC1)NCCCC1CCCC1.I. The van der Waals surface area contributed by atoms with E-state index in [0.717, 1.165) is 42.9 Å². The van der Waals surface area contributed by atoms with Gasteiger partial charge in [0.05, 0.1) is 12.1 Å². The summed E-state index contributed by atoms with van der Waals surface area (Å²) in [7, 11) is 0. The standard InChI is InChI=1S/C16H31N3OS.HI/c1-2-17-15(19-12-16(20)9-11-21-13-16)18-10-5-8-14-6-3-4-7-14;/h14,20H,2-13H2,1H3,(H2,17,18,19);1H. The zero-order chi connectivity index (χ0) is 15.0. The fraction of sp³-hybridized carbons (Fsp3) is 0.938. The highest BCUT2D eigenvalue weighted by Crippen LogP contribution is 2.28. The first-order valence-electron chi connectivity index (χ1n) is 8.54. The molecule has 1 atom stereocenters. The van der Waals surface area contributed by atoms with Crippen molar-refractivity contribution in [1.82, 2.24) is 10.6 Å². The van der Waals surface area contributed by atoms with Crippen LogP contribution in [0.2, 0.25) is 0 Å². The average molecular weight is 441 g/mol. The summed E-state index contributed by atoms with van der Waals surface area (Å²) in [6, 6.07) is 0. The third-order valence-corrected chi connectivity index (χ3v) is 5.75. The highest BCUT2D eigenvalue weighted by Gasteiger charge is 2.31. The third-order valence-electron chi connectivity index (χ3n) is 4.51. The van der Waals surface area contributed by atoms with Gasteiger partial charge in [0.25, 0.3) is 0 Å². The molecule has 1 aliphatic heterocycles. The number of guanidine groups is 1. The zero-order valence-corrected chi connectivity index (χ0v) is 16.9. The minimum atomic E-state index is -0.586. The first-order valence-corrected chi connectivity index (χ1v) is 9.70. The highest BCUT2D eigenvalue weighted by atomic mass is 127. The van der Waals surface area contributed by atoms with Gasteiger partial charge in [0, 0.05) is 18.8 Å². The van der Waals surface area contributed by atoms with Gasteiger partial charge in [-0.05, 0) is 37.9 Å². The molecule has 0 bridgehead atoms.